The lowest BCUT2D eigenvalue weighted by Crippen LogP contribution is -2.47. The number of ether oxygens (including phenoxy) is 3. The molecule has 47 heavy (non-hydrogen) atoms. The first-order valence-electron chi connectivity index (χ1n) is 16.6. The van der Waals surface area contributed by atoms with Crippen molar-refractivity contribution in [3.63, 3.8) is 0 Å². The van der Waals surface area contributed by atoms with Crippen molar-refractivity contribution >= 4 is 12.0 Å². The summed E-state index contributed by atoms with van der Waals surface area (Å²) in [5, 5.41) is 28.3. The lowest BCUT2D eigenvalue weighted by Gasteiger charge is -2.28. The molecule has 1 aliphatic carbocycles. The SMILES string of the molecule is CCOC(=O)NC(Cc1ccccc1)C(O)CC(Cc1ccc(OCCN2CCOCC2)cc1)C(=O)NC1c2ccccc2CC1O. The van der Waals surface area contributed by atoms with Crippen LogP contribution in [0.4, 0.5) is 4.79 Å². The molecule has 1 fully saturated rings. The number of amides is 2. The van der Waals surface area contributed by atoms with Gasteiger partial charge in [0.15, 0.2) is 0 Å². The van der Waals surface area contributed by atoms with Crippen LogP contribution in [-0.4, -0.2) is 91.4 Å². The zero-order valence-corrected chi connectivity index (χ0v) is 27.1. The Bertz CT molecular complexity index is 1410. The Hall–Kier alpha value is -3.96. The summed E-state index contributed by atoms with van der Waals surface area (Å²) in [5.74, 6) is -0.180. The maximum absolute atomic E-state index is 14.0. The molecule has 4 N–H and O–H groups in total. The Morgan fingerprint density at radius 3 is 2.40 bits per heavy atom. The van der Waals surface area contributed by atoms with Gasteiger partial charge in [-0.25, -0.2) is 4.79 Å². The van der Waals surface area contributed by atoms with Crippen LogP contribution in [0, 0.1) is 5.92 Å². The first-order chi connectivity index (χ1) is 22.9. The van der Waals surface area contributed by atoms with Gasteiger partial charge in [-0.1, -0.05) is 66.7 Å². The molecule has 1 saturated heterocycles. The van der Waals surface area contributed by atoms with Gasteiger partial charge in [-0.15, -0.1) is 0 Å². The first kappa shape index (κ1) is 34.4. The number of carbonyl (C=O) groups is 2. The summed E-state index contributed by atoms with van der Waals surface area (Å²) in [5.41, 5.74) is 3.75. The Morgan fingerprint density at radius 1 is 0.957 bits per heavy atom. The van der Waals surface area contributed by atoms with Crippen LogP contribution in [0.5, 0.6) is 5.75 Å². The monoisotopic (exact) mass is 645 g/mol. The van der Waals surface area contributed by atoms with Crippen LogP contribution in [0.2, 0.25) is 0 Å². The fourth-order valence-corrected chi connectivity index (χ4v) is 6.36. The summed E-state index contributed by atoms with van der Waals surface area (Å²) >= 11 is 0. The molecule has 5 atom stereocenters. The van der Waals surface area contributed by atoms with E-state index in [9.17, 15) is 19.8 Å². The predicted octanol–water partition coefficient (Wildman–Crippen LogP) is 3.44. The van der Waals surface area contributed by atoms with Crippen LogP contribution in [0.15, 0.2) is 78.9 Å². The smallest absolute Gasteiger partial charge is 0.407 e. The molecule has 0 spiro atoms. The van der Waals surface area contributed by atoms with E-state index in [0.29, 0.717) is 25.9 Å². The van der Waals surface area contributed by atoms with Crippen molar-refractivity contribution < 1.29 is 34.0 Å². The summed E-state index contributed by atoms with van der Waals surface area (Å²) in [6.45, 7) is 6.61. The molecule has 0 aromatic heterocycles. The molecule has 5 rings (SSSR count). The molecule has 3 aromatic rings. The first-order valence-corrected chi connectivity index (χ1v) is 16.6. The van der Waals surface area contributed by atoms with Gasteiger partial charge >= 0.3 is 6.09 Å². The summed E-state index contributed by atoms with van der Waals surface area (Å²) in [7, 11) is 0. The van der Waals surface area contributed by atoms with Crippen LogP contribution < -0.4 is 15.4 Å². The van der Waals surface area contributed by atoms with Gasteiger partial charge in [0.1, 0.15) is 12.4 Å². The van der Waals surface area contributed by atoms with E-state index in [1.165, 1.54) is 0 Å². The molecule has 10 nitrogen and oxygen atoms in total. The number of carbonyl (C=O) groups excluding carboxylic acids is 2. The van der Waals surface area contributed by atoms with E-state index in [4.69, 9.17) is 14.2 Å². The van der Waals surface area contributed by atoms with E-state index >= 15 is 0 Å². The predicted molar refractivity (Wildman–Crippen MR) is 178 cm³/mol. The van der Waals surface area contributed by atoms with E-state index in [0.717, 1.165) is 60.9 Å². The second-order valence-corrected chi connectivity index (χ2v) is 12.3. The average molecular weight is 646 g/mol. The van der Waals surface area contributed by atoms with Crippen LogP contribution in [0.3, 0.4) is 0 Å². The van der Waals surface area contributed by atoms with Gasteiger partial charge < -0.3 is 35.1 Å². The van der Waals surface area contributed by atoms with E-state index in [1.54, 1.807) is 6.92 Å². The van der Waals surface area contributed by atoms with Gasteiger partial charge in [0.05, 0.1) is 44.1 Å². The minimum Gasteiger partial charge on any atom is -0.492 e. The standard InChI is InChI=1S/C37H47N3O7/c1-2-46-37(44)38-32(23-26-8-4-3-5-9-26)33(41)25-29(36(43)39-35-31-11-7-6-10-28(31)24-34(35)42)22-27-12-14-30(15-13-27)47-21-18-40-16-19-45-20-17-40/h3-15,29,32-35,41-42H,2,16-25H2,1H3,(H,38,44)(H,39,43). The molecule has 0 bridgehead atoms. The van der Waals surface area contributed by atoms with Crippen LogP contribution in [-0.2, 0) is 33.5 Å². The molecule has 10 heteroatoms. The molecule has 2 amide bonds. The Labute approximate surface area is 277 Å². The molecule has 3 aromatic carbocycles. The molecule has 2 aliphatic rings. The van der Waals surface area contributed by atoms with Gasteiger partial charge in [-0.3, -0.25) is 9.69 Å². The third-order valence-electron chi connectivity index (χ3n) is 8.93. The van der Waals surface area contributed by atoms with E-state index in [2.05, 4.69) is 15.5 Å². The topological polar surface area (TPSA) is 130 Å². The van der Waals surface area contributed by atoms with Gasteiger partial charge in [-0.2, -0.15) is 0 Å². The normalized spacial score (nSPS) is 19.6. The van der Waals surface area contributed by atoms with E-state index < -0.39 is 36.3 Å². The Morgan fingerprint density at radius 2 is 1.66 bits per heavy atom. The number of fused-ring (bicyclic) bond motifs is 1. The maximum atomic E-state index is 14.0. The molecule has 1 heterocycles. The van der Waals surface area contributed by atoms with Crippen molar-refractivity contribution in [2.75, 3.05) is 46.1 Å². The minimum absolute atomic E-state index is 0.0814. The molecular weight excluding hydrogens is 598 g/mol. The highest BCUT2D eigenvalue weighted by Gasteiger charge is 2.35. The van der Waals surface area contributed by atoms with Crippen molar-refractivity contribution in [3.05, 3.63) is 101 Å². The van der Waals surface area contributed by atoms with Crippen molar-refractivity contribution in [1.82, 2.24) is 15.5 Å². The van der Waals surface area contributed by atoms with Gasteiger partial charge in [-0.05, 0) is 60.6 Å². The fraction of sp³-hybridized carbons (Fsp3) is 0.459. The highest BCUT2D eigenvalue weighted by Crippen LogP contribution is 2.32. The number of hydrogen-bond acceptors (Lipinski definition) is 8. The van der Waals surface area contributed by atoms with Crippen molar-refractivity contribution in [2.24, 2.45) is 5.92 Å². The lowest BCUT2D eigenvalue weighted by atomic mass is 9.88. The number of benzene rings is 3. The highest BCUT2D eigenvalue weighted by atomic mass is 16.5. The number of alkyl carbamates (subject to hydrolysis) is 1. The maximum Gasteiger partial charge on any atom is 0.407 e. The van der Waals surface area contributed by atoms with Crippen LogP contribution in [0.1, 0.15) is 41.6 Å². The number of hydrogen-bond donors (Lipinski definition) is 4. The van der Waals surface area contributed by atoms with Crippen molar-refractivity contribution in [2.45, 2.75) is 56.9 Å². The molecule has 1 aliphatic heterocycles. The third kappa shape index (κ3) is 10.0. The second kappa shape index (κ2) is 17.3. The Balaban J connectivity index is 1.29. The van der Waals surface area contributed by atoms with E-state index in [1.807, 2.05) is 78.9 Å². The highest BCUT2D eigenvalue weighted by molar-refractivity contribution is 5.80. The molecular formula is C37H47N3O7. The second-order valence-electron chi connectivity index (χ2n) is 12.3. The average Bonchev–Trinajstić information content (AvgIpc) is 3.40. The number of aliphatic hydroxyl groups is 2. The zero-order valence-electron chi connectivity index (χ0n) is 27.1. The van der Waals surface area contributed by atoms with Crippen molar-refractivity contribution in [3.8, 4) is 5.75 Å². The molecule has 252 valence electrons. The van der Waals surface area contributed by atoms with Gasteiger partial charge in [0, 0.05) is 32.0 Å². The summed E-state index contributed by atoms with van der Waals surface area (Å²) in [6, 6.07) is 23.7. The third-order valence-corrected chi connectivity index (χ3v) is 8.93. The fourth-order valence-electron chi connectivity index (χ4n) is 6.36. The molecule has 0 saturated carbocycles. The van der Waals surface area contributed by atoms with Gasteiger partial charge in [0.2, 0.25) is 5.91 Å². The van der Waals surface area contributed by atoms with E-state index in [-0.39, 0.29) is 18.9 Å². The number of aliphatic hydroxyl groups excluding tert-OH is 2. The van der Waals surface area contributed by atoms with Crippen LogP contribution in [0.25, 0.3) is 0 Å². The quantitative estimate of drug-likeness (QED) is 0.198. The number of nitrogens with zero attached hydrogens (tertiary/aromatic N) is 1. The van der Waals surface area contributed by atoms with Crippen LogP contribution >= 0.6 is 0 Å². The minimum atomic E-state index is -1.06. The summed E-state index contributed by atoms with van der Waals surface area (Å²) < 4.78 is 16.5. The van der Waals surface area contributed by atoms with Gasteiger partial charge in [0.25, 0.3) is 0 Å². The molecule has 5 unspecified atom stereocenters. The largest absolute Gasteiger partial charge is 0.492 e. The number of rotatable bonds is 15. The summed E-state index contributed by atoms with van der Waals surface area (Å²) in [4.78, 5) is 28.8. The lowest BCUT2D eigenvalue weighted by molar-refractivity contribution is -0.127. The number of morpholine rings is 1. The molecule has 0 radical (unpaired) electrons. The Kier molecular flexibility index (Phi) is 12.6. The van der Waals surface area contributed by atoms with Crippen molar-refractivity contribution in [1.29, 1.82) is 0 Å². The zero-order chi connectivity index (χ0) is 33.0. The number of nitrogens with one attached hydrogen (secondary N) is 2. The summed E-state index contributed by atoms with van der Waals surface area (Å²) in [6.07, 6.45) is -1.17.